The van der Waals surface area contributed by atoms with E-state index in [-0.39, 0.29) is 18.8 Å². The molecular weight excluding hydrogens is 344 g/mol. The van der Waals surface area contributed by atoms with Crippen LogP contribution in [0.3, 0.4) is 0 Å². The van der Waals surface area contributed by atoms with Gasteiger partial charge in [-0.05, 0) is 24.1 Å². The number of ketones is 1. The number of carboxylic acid groups (broad SMARTS) is 1. The summed E-state index contributed by atoms with van der Waals surface area (Å²) in [5.41, 5.74) is 1.49. The Morgan fingerprint density at radius 2 is 2.00 bits per heavy atom. The molecule has 0 bridgehead atoms. The molecule has 1 saturated carbocycles. The van der Waals surface area contributed by atoms with Crippen LogP contribution in [0, 0.1) is 0 Å². The molecular formula is C18H26O8. The SMILES string of the molecule is CC/C(C=C=CCC(=O)COC1C[C@](O)(C(=O)O)C[C@@H](O)[C@H]1O)=C\CO. The average molecular weight is 370 g/mol. The van der Waals surface area contributed by atoms with Crippen LogP contribution in [0.4, 0.5) is 0 Å². The average Bonchev–Trinajstić information content (AvgIpc) is 2.59. The second kappa shape index (κ2) is 10.4. The lowest BCUT2D eigenvalue weighted by Crippen LogP contribution is -2.57. The predicted molar refractivity (Wildman–Crippen MR) is 91.3 cm³/mol. The number of allylic oxidation sites excluding steroid dienone is 2. The van der Waals surface area contributed by atoms with Gasteiger partial charge in [0.05, 0.1) is 18.8 Å². The molecule has 0 aliphatic heterocycles. The maximum atomic E-state index is 11.8. The Morgan fingerprint density at radius 3 is 2.58 bits per heavy atom. The molecule has 8 nitrogen and oxygen atoms in total. The zero-order valence-electron chi connectivity index (χ0n) is 14.7. The molecule has 4 atom stereocenters. The van der Waals surface area contributed by atoms with E-state index < -0.39 is 49.3 Å². The number of aliphatic hydroxyl groups is 4. The topological polar surface area (TPSA) is 145 Å². The summed E-state index contributed by atoms with van der Waals surface area (Å²) in [6.45, 7) is 1.45. The van der Waals surface area contributed by atoms with Crippen LogP contribution in [0.15, 0.2) is 29.5 Å². The van der Waals surface area contributed by atoms with Gasteiger partial charge in [0.15, 0.2) is 11.4 Å². The molecule has 0 aromatic rings. The van der Waals surface area contributed by atoms with E-state index in [1.54, 1.807) is 12.2 Å². The van der Waals surface area contributed by atoms with Crippen LogP contribution in [-0.4, -0.2) is 74.4 Å². The maximum Gasteiger partial charge on any atom is 0.335 e. The lowest BCUT2D eigenvalue weighted by molar-refractivity contribution is -0.194. The van der Waals surface area contributed by atoms with E-state index in [2.05, 4.69) is 5.73 Å². The van der Waals surface area contributed by atoms with Gasteiger partial charge in [0, 0.05) is 19.3 Å². The molecule has 0 spiro atoms. The number of Topliss-reactive ketones (excluding diaryl/α,β-unsaturated/α-hetero) is 1. The number of ether oxygens (including phenoxy) is 1. The molecule has 5 N–H and O–H groups in total. The van der Waals surface area contributed by atoms with Crippen LogP contribution in [0.2, 0.25) is 0 Å². The molecule has 1 rings (SSSR count). The highest BCUT2D eigenvalue weighted by Crippen LogP contribution is 2.31. The summed E-state index contributed by atoms with van der Waals surface area (Å²) >= 11 is 0. The summed E-state index contributed by atoms with van der Waals surface area (Å²) in [6, 6.07) is 0. The Hall–Kier alpha value is -1.80. The Bertz CT molecular complexity index is 590. The zero-order chi connectivity index (χ0) is 19.7. The lowest BCUT2D eigenvalue weighted by Gasteiger charge is -2.39. The van der Waals surface area contributed by atoms with E-state index in [0.717, 1.165) is 5.57 Å². The Morgan fingerprint density at radius 1 is 1.31 bits per heavy atom. The first-order chi connectivity index (χ1) is 12.2. The molecule has 0 saturated heterocycles. The molecule has 1 aliphatic carbocycles. The fraction of sp³-hybridized carbons (Fsp3) is 0.611. The number of aliphatic carboxylic acids is 1. The van der Waals surface area contributed by atoms with Crippen molar-refractivity contribution in [3.8, 4) is 0 Å². The second-order valence-corrected chi connectivity index (χ2v) is 6.23. The quantitative estimate of drug-likeness (QED) is 0.275. The number of carboxylic acids is 1. The van der Waals surface area contributed by atoms with Gasteiger partial charge in [-0.25, -0.2) is 4.79 Å². The van der Waals surface area contributed by atoms with Gasteiger partial charge in [-0.3, -0.25) is 4.79 Å². The molecule has 0 amide bonds. The van der Waals surface area contributed by atoms with E-state index in [9.17, 15) is 24.9 Å². The minimum atomic E-state index is -2.20. The largest absolute Gasteiger partial charge is 0.479 e. The molecule has 1 unspecified atom stereocenters. The van der Waals surface area contributed by atoms with Crippen LogP contribution in [-0.2, 0) is 14.3 Å². The summed E-state index contributed by atoms with van der Waals surface area (Å²) in [5.74, 6) is -1.85. The highest BCUT2D eigenvalue weighted by atomic mass is 16.5. The molecule has 8 heteroatoms. The summed E-state index contributed by atoms with van der Waals surface area (Å²) in [5, 5.41) is 47.4. The molecule has 146 valence electrons. The van der Waals surface area contributed by atoms with Crippen LogP contribution in [0.5, 0.6) is 0 Å². The fourth-order valence-electron chi connectivity index (χ4n) is 2.60. The highest BCUT2D eigenvalue weighted by Gasteiger charge is 2.49. The van der Waals surface area contributed by atoms with E-state index in [1.165, 1.54) is 6.08 Å². The van der Waals surface area contributed by atoms with Crippen LogP contribution in [0.1, 0.15) is 32.6 Å². The van der Waals surface area contributed by atoms with Crippen molar-refractivity contribution in [3.63, 3.8) is 0 Å². The third-order valence-corrected chi connectivity index (χ3v) is 4.20. The van der Waals surface area contributed by atoms with Crippen LogP contribution < -0.4 is 0 Å². The smallest absolute Gasteiger partial charge is 0.335 e. The predicted octanol–water partition coefficient (Wildman–Crippen LogP) is -0.298. The van der Waals surface area contributed by atoms with Gasteiger partial charge in [0.25, 0.3) is 0 Å². The molecule has 0 aromatic carbocycles. The third kappa shape index (κ3) is 6.49. The number of hydrogen-bond acceptors (Lipinski definition) is 7. The zero-order valence-corrected chi connectivity index (χ0v) is 14.7. The number of hydrogen-bond donors (Lipinski definition) is 5. The lowest BCUT2D eigenvalue weighted by atomic mass is 9.79. The van der Waals surface area contributed by atoms with Crippen molar-refractivity contribution in [1.82, 2.24) is 0 Å². The maximum absolute atomic E-state index is 11.8. The summed E-state index contributed by atoms with van der Waals surface area (Å²) in [6.07, 6.45) is 0.570. The van der Waals surface area contributed by atoms with Crippen molar-refractivity contribution in [2.24, 2.45) is 0 Å². The molecule has 0 heterocycles. The molecule has 1 aliphatic rings. The standard InChI is InChI=1S/C18H26O8/c1-2-12(7-8-19)5-3-4-6-13(20)11-26-15-10-18(25,17(23)24)9-14(21)16(15)22/h4-5,7,14-16,19,21-22,25H,2,6,8-11H2,1H3,(H,23,24)/b12-7+/t3?,14-,15?,16-,18+/m1/s1. The molecule has 0 aromatic heterocycles. The van der Waals surface area contributed by atoms with Gasteiger partial charge in [0.1, 0.15) is 12.7 Å². The normalized spacial score (nSPS) is 29.0. The van der Waals surface area contributed by atoms with E-state index in [4.69, 9.17) is 14.9 Å². The van der Waals surface area contributed by atoms with Gasteiger partial charge in [0.2, 0.25) is 0 Å². The molecule has 26 heavy (non-hydrogen) atoms. The first-order valence-corrected chi connectivity index (χ1v) is 8.39. The molecule has 0 radical (unpaired) electrons. The van der Waals surface area contributed by atoms with E-state index in [0.29, 0.717) is 6.42 Å². The van der Waals surface area contributed by atoms with Crippen LogP contribution in [0.25, 0.3) is 0 Å². The Balaban J connectivity index is 2.56. The minimum absolute atomic E-state index is 0.0151. The van der Waals surface area contributed by atoms with Gasteiger partial charge in [-0.15, -0.1) is 5.73 Å². The number of carbonyl (C=O) groups is 2. The monoisotopic (exact) mass is 370 g/mol. The summed E-state index contributed by atoms with van der Waals surface area (Å²) in [4.78, 5) is 22.9. The Kier molecular flexibility index (Phi) is 8.87. The van der Waals surface area contributed by atoms with Gasteiger partial charge in [-0.2, -0.15) is 0 Å². The van der Waals surface area contributed by atoms with Gasteiger partial charge >= 0.3 is 5.97 Å². The summed E-state index contributed by atoms with van der Waals surface area (Å²) in [7, 11) is 0. The molecule has 1 fully saturated rings. The van der Waals surface area contributed by atoms with Gasteiger partial charge in [-0.1, -0.05) is 13.0 Å². The summed E-state index contributed by atoms with van der Waals surface area (Å²) < 4.78 is 5.23. The van der Waals surface area contributed by atoms with Crippen molar-refractivity contribution < 1.29 is 39.9 Å². The van der Waals surface area contributed by atoms with E-state index >= 15 is 0 Å². The van der Waals surface area contributed by atoms with Crippen molar-refractivity contribution in [1.29, 1.82) is 0 Å². The second-order valence-electron chi connectivity index (χ2n) is 6.23. The minimum Gasteiger partial charge on any atom is -0.479 e. The highest BCUT2D eigenvalue weighted by molar-refractivity contribution is 5.81. The first kappa shape index (κ1) is 22.2. The first-order valence-electron chi connectivity index (χ1n) is 8.39. The van der Waals surface area contributed by atoms with Gasteiger partial charge < -0.3 is 30.3 Å². The van der Waals surface area contributed by atoms with Crippen molar-refractivity contribution in [3.05, 3.63) is 29.5 Å². The number of rotatable bonds is 9. The fourth-order valence-corrected chi connectivity index (χ4v) is 2.60. The number of aliphatic hydroxyl groups excluding tert-OH is 3. The third-order valence-electron chi connectivity index (χ3n) is 4.20. The number of carbonyl (C=O) groups excluding carboxylic acids is 1. The van der Waals surface area contributed by atoms with E-state index in [1.807, 2.05) is 6.92 Å². The Labute approximate surface area is 151 Å². The van der Waals surface area contributed by atoms with Crippen molar-refractivity contribution in [2.75, 3.05) is 13.2 Å². The van der Waals surface area contributed by atoms with Crippen LogP contribution >= 0.6 is 0 Å². The van der Waals surface area contributed by atoms with Crippen molar-refractivity contribution >= 4 is 11.8 Å². The van der Waals surface area contributed by atoms with Crippen molar-refractivity contribution in [2.45, 2.75) is 56.5 Å².